The zero-order chi connectivity index (χ0) is 16.9. The molecule has 4 nitrogen and oxygen atoms in total. The van der Waals surface area contributed by atoms with Crippen LogP contribution in [0.3, 0.4) is 0 Å². The summed E-state index contributed by atoms with van der Waals surface area (Å²) in [4.78, 5) is 18.8. The molecular weight excluding hydrogens is 320 g/mol. The Morgan fingerprint density at radius 2 is 2.21 bits per heavy atom. The molecule has 2 aromatic heterocycles. The Balaban J connectivity index is 1.62. The van der Waals surface area contributed by atoms with Crippen LogP contribution in [0.4, 0.5) is 0 Å². The molecule has 126 valence electrons. The van der Waals surface area contributed by atoms with E-state index in [9.17, 15) is 4.79 Å². The van der Waals surface area contributed by atoms with E-state index in [4.69, 9.17) is 4.74 Å². The number of carbonyl (C=O) groups excluding carboxylic acids is 1. The van der Waals surface area contributed by atoms with Crippen molar-refractivity contribution in [1.82, 2.24) is 9.97 Å². The molecule has 0 saturated carbocycles. The van der Waals surface area contributed by atoms with Gasteiger partial charge in [-0.3, -0.25) is 0 Å². The highest BCUT2D eigenvalue weighted by atomic mass is 32.1. The second-order valence-corrected chi connectivity index (χ2v) is 7.10. The molecule has 0 amide bonds. The van der Waals surface area contributed by atoms with Crippen LogP contribution in [-0.2, 0) is 17.6 Å². The fraction of sp³-hybridized carbons (Fsp3) is 0.368. The molecule has 0 aliphatic rings. The minimum absolute atomic E-state index is 0.246. The summed E-state index contributed by atoms with van der Waals surface area (Å²) in [5, 5.41) is 4.36. The van der Waals surface area contributed by atoms with E-state index < -0.39 is 0 Å². The number of rotatable bonds is 8. The number of thiazole rings is 1. The maximum Gasteiger partial charge on any atom is 0.129 e. The number of Topliss-reactive ketones (excluding diaryl/α,β-unsaturated/α-hetero) is 1. The topological polar surface area (TPSA) is 55.0 Å². The molecule has 0 atom stereocenters. The predicted molar refractivity (Wildman–Crippen MR) is 98.0 cm³/mol. The van der Waals surface area contributed by atoms with Gasteiger partial charge < -0.3 is 14.5 Å². The van der Waals surface area contributed by atoms with Gasteiger partial charge >= 0.3 is 0 Å². The Hall–Kier alpha value is -2.14. The van der Waals surface area contributed by atoms with E-state index in [1.54, 1.807) is 18.3 Å². The molecular formula is C19H22N2O2S. The number of nitrogens with zero attached hydrogens (tertiary/aromatic N) is 1. The smallest absolute Gasteiger partial charge is 0.129 e. The summed E-state index contributed by atoms with van der Waals surface area (Å²) in [6.45, 7) is 4.28. The van der Waals surface area contributed by atoms with E-state index in [1.807, 2.05) is 25.3 Å². The molecule has 1 aromatic carbocycles. The van der Waals surface area contributed by atoms with Gasteiger partial charge in [0.2, 0.25) is 0 Å². The van der Waals surface area contributed by atoms with Crippen molar-refractivity contribution in [3.05, 3.63) is 46.0 Å². The molecule has 1 N–H and O–H groups in total. The fourth-order valence-corrected chi connectivity index (χ4v) is 3.43. The predicted octanol–water partition coefficient (Wildman–Crippen LogP) is 4.47. The number of hydrogen-bond donors (Lipinski definition) is 1. The zero-order valence-electron chi connectivity index (χ0n) is 14.1. The first-order valence-corrected chi connectivity index (χ1v) is 9.13. The lowest BCUT2D eigenvalue weighted by atomic mass is 10.1. The van der Waals surface area contributed by atoms with Crippen LogP contribution in [0.25, 0.3) is 10.9 Å². The maximum absolute atomic E-state index is 11.1. The van der Waals surface area contributed by atoms with Gasteiger partial charge in [0.15, 0.2) is 0 Å². The zero-order valence-corrected chi connectivity index (χ0v) is 14.9. The Bertz CT molecular complexity index is 835. The maximum atomic E-state index is 11.1. The van der Waals surface area contributed by atoms with Crippen molar-refractivity contribution < 1.29 is 9.53 Å². The Morgan fingerprint density at radius 1 is 1.33 bits per heavy atom. The molecule has 2 heterocycles. The highest BCUT2D eigenvalue weighted by molar-refractivity contribution is 7.09. The van der Waals surface area contributed by atoms with Crippen molar-refractivity contribution in [1.29, 1.82) is 0 Å². The van der Waals surface area contributed by atoms with Crippen LogP contribution < -0.4 is 4.74 Å². The molecule has 5 heteroatoms. The lowest BCUT2D eigenvalue weighted by Gasteiger charge is -2.06. The van der Waals surface area contributed by atoms with Crippen molar-refractivity contribution in [3.8, 4) is 5.75 Å². The average molecular weight is 342 g/mol. The van der Waals surface area contributed by atoms with E-state index in [1.165, 1.54) is 10.9 Å². The van der Waals surface area contributed by atoms with Crippen molar-refractivity contribution in [2.24, 2.45) is 0 Å². The molecule has 3 rings (SSSR count). The number of nitrogens with one attached hydrogen (secondary N) is 1. The standard InChI is InChI=1S/C19H22N2O2S/c1-13(22)4-3-5-15-11-20-19-7-6-17(10-18(15)19)23-9-8-16-12-24-14(2)21-16/h6-7,10-12,20H,3-5,8-9H2,1-2H3. The molecule has 0 radical (unpaired) electrons. The third-order valence-corrected chi connectivity index (χ3v) is 4.83. The molecule has 0 spiro atoms. The Kier molecular flexibility index (Phi) is 5.30. The summed E-state index contributed by atoms with van der Waals surface area (Å²) in [7, 11) is 0. The minimum atomic E-state index is 0.246. The quantitative estimate of drug-likeness (QED) is 0.657. The van der Waals surface area contributed by atoms with Crippen molar-refractivity contribution in [2.45, 2.75) is 39.5 Å². The van der Waals surface area contributed by atoms with Crippen LogP contribution in [0.5, 0.6) is 5.75 Å². The van der Waals surface area contributed by atoms with Crippen molar-refractivity contribution in [2.75, 3.05) is 6.61 Å². The van der Waals surface area contributed by atoms with E-state index in [2.05, 4.69) is 21.4 Å². The van der Waals surface area contributed by atoms with E-state index in [0.29, 0.717) is 13.0 Å². The van der Waals surface area contributed by atoms with Gasteiger partial charge in [0.1, 0.15) is 11.5 Å². The minimum Gasteiger partial charge on any atom is -0.493 e. The first kappa shape index (κ1) is 16.7. The van der Waals surface area contributed by atoms with Crippen molar-refractivity contribution in [3.63, 3.8) is 0 Å². The first-order valence-electron chi connectivity index (χ1n) is 8.25. The fourth-order valence-electron chi connectivity index (χ4n) is 2.78. The number of aromatic nitrogens is 2. The largest absolute Gasteiger partial charge is 0.493 e. The number of H-pyrrole nitrogens is 1. The second-order valence-electron chi connectivity index (χ2n) is 6.03. The highest BCUT2D eigenvalue weighted by Crippen LogP contribution is 2.25. The first-order chi connectivity index (χ1) is 11.6. The number of aromatic amines is 1. The number of hydrogen-bond acceptors (Lipinski definition) is 4. The van der Waals surface area contributed by atoms with E-state index in [0.717, 1.165) is 41.2 Å². The monoisotopic (exact) mass is 342 g/mol. The van der Waals surface area contributed by atoms with Crippen LogP contribution in [0.1, 0.15) is 36.0 Å². The van der Waals surface area contributed by atoms with Crippen LogP contribution in [-0.4, -0.2) is 22.4 Å². The Labute approximate surface area is 145 Å². The van der Waals surface area contributed by atoms with Gasteiger partial charge in [-0.1, -0.05) is 0 Å². The van der Waals surface area contributed by atoms with Gasteiger partial charge in [-0.2, -0.15) is 0 Å². The van der Waals surface area contributed by atoms with Gasteiger partial charge in [0, 0.05) is 35.3 Å². The molecule has 0 aliphatic carbocycles. The number of benzene rings is 1. The van der Waals surface area contributed by atoms with Crippen LogP contribution in [0, 0.1) is 6.92 Å². The number of aryl methyl sites for hydroxylation is 2. The normalized spacial score (nSPS) is 11.1. The number of carbonyl (C=O) groups is 1. The molecule has 0 bridgehead atoms. The molecule has 24 heavy (non-hydrogen) atoms. The summed E-state index contributed by atoms with van der Waals surface area (Å²) in [5.74, 6) is 1.12. The van der Waals surface area contributed by atoms with Gasteiger partial charge in [-0.05, 0) is 50.5 Å². The van der Waals surface area contributed by atoms with Gasteiger partial charge in [0.25, 0.3) is 0 Å². The third-order valence-electron chi connectivity index (χ3n) is 4.01. The highest BCUT2D eigenvalue weighted by Gasteiger charge is 2.06. The average Bonchev–Trinajstić information content (AvgIpc) is 3.14. The molecule has 0 aliphatic heterocycles. The number of ether oxygens (including phenoxy) is 1. The van der Waals surface area contributed by atoms with Gasteiger partial charge in [0.05, 0.1) is 17.3 Å². The SMILES string of the molecule is CC(=O)CCCc1c[nH]c2ccc(OCCc3csc(C)n3)cc12. The summed E-state index contributed by atoms with van der Waals surface area (Å²) in [6, 6.07) is 6.12. The summed E-state index contributed by atoms with van der Waals surface area (Å²) in [5.41, 5.74) is 3.44. The number of fused-ring (bicyclic) bond motifs is 1. The lowest BCUT2D eigenvalue weighted by Crippen LogP contribution is -2.01. The lowest BCUT2D eigenvalue weighted by molar-refractivity contribution is -0.117. The molecule has 0 unspecified atom stereocenters. The Morgan fingerprint density at radius 3 is 2.96 bits per heavy atom. The van der Waals surface area contributed by atoms with Crippen LogP contribution >= 0.6 is 11.3 Å². The second kappa shape index (κ2) is 7.62. The third kappa shape index (κ3) is 4.23. The van der Waals surface area contributed by atoms with E-state index in [-0.39, 0.29) is 5.78 Å². The summed E-state index contributed by atoms with van der Waals surface area (Å²) < 4.78 is 5.89. The van der Waals surface area contributed by atoms with Crippen molar-refractivity contribution >= 4 is 28.0 Å². The molecule has 3 aromatic rings. The number of ketones is 1. The molecule has 0 saturated heterocycles. The molecule has 0 fully saturated rings. The van der Waals surface area contributed by atoms with Gasteiger partial charge in [-0.25, -0.2) is 4.98 Å². The summed E-state index contributed by atoms with van der Waals surface area (Å²) >= 11 is 1.67. The van der Waals surface area contributed by atoms with Crippen LogP contribution in [0.15, 0.2) is 29.8 Å². The summed E-state index contributed by atoms with van der Waals surface area (Å²) in [6.07, 6.45) is 5.28. The van der Waals surface area contributed by atoms with Crippen LogP contribution in [0.2, 0.25) is 0 Å². The van der Waals surface area contributed by atoms with Gasteiger partial charge in [-0.15, -0.1) is 11.3 Å². The van der Waals surface area contributed by atoms with E-state index >= 15 is 0 Å².